The maximum atomic E-state index is 11.5. The number of thiophene rings is 1. The molecule has 1 rings (SSSR count). The van der Waals surface area contributed by atoms with Gasteiger partial charge in [-0.15, -0.1) is 11.3 Å². The molecule has 0 aromatic carbocycles. The van der Waals surface area contributed by atoms with E-state index in [0.717, 1.165) is 8.66 Å². The van der Waals surface area contributed by atoms with Gasteiger partial charge in [-0.2, -0.15) is 5.26 Å². The lowest BCUT2D eigenvalue weighted by Crippen LogP contribution is -2.12. The minimum Gasteiger partial charge on any atom is -0.459 e. The number of ether oxygens (including phenoxy) is 1. The summed E-state index contributed by atoms with van der Waals surface area (Å²) in [5.41, 5.74) is 0.0167. The minimum atomic E-state index is -0.581. The Bertz CT molecular complexity index is 457. The van der Waals surface area contributed by atoms with Crippen molar-refractivity contribution in [2.75, 3.05) is 0 Å². The van der Waals surface area contributed by atoms with Crippen LogP contribution in [0.4, 0.5) is 0 Å². The number of nitrogens with zero attached hydrogens (tertiary/aromatic N) is 1. The number of nitriles is 1. The van der Waals surface area contributed by atoms with Gasteiger partial charge in [0.2, 0.25) is 0 Å². The molecular weight excluding hydrogens is 290 g/mol. The van der Waals surface area contributed by atoms with Crippen molar-refractivity contribution in [1.29, 1.82) is 5.26 Å². The van der Waals surface area contributed by atoms with Crippen molar-refractivity contribution in [3.8, 4) is 6.07 Å². The molecular formula is C11H10BrNO2S. The number of carbonyl (C=O) groups excluding carboxylic acids is 1. The predicted molar refractivity (Wildman–Crippen MR) is 66.8 cm³/mol. The second-order valence-electron chi connectivity index (χ2n) is 3.27. The van der Waals surface area contributed by atoms with Gasteiger partial charge in [-0.05, 0) is 48.0 Å². The number of hydrogen-bond donors (Lipinski definition) is 0. The van der Waals surface area contributed by atoms with E-state index in [1.54, 1.807) is 13.8 Å². The molecule has 1 heterocycles. The van der Waals surface area contributed by atoms with Gasteiger partial charge in [-0.3, -0.25) is 0 Å². The van der Waals surface area contributed by atoms with Crippen LogP contribution in [0.25, 0.3) is 6.08 Å². The van der Waals surface area contributed by atoms with Gasteiger partial charge in [0, 0.05) is 4.88 Å². The quantitative estimate of drug-likeness (QED) is 0.488. The van der Waals surface area contributed by atoms with Crippen molar-refractivity contribution in [2.45, 2.75) is 20.0 Å². The van der Waals surface area contributed by atoms with Gasteiger partial charge in [-0.1, -0.05) is 0 Å². The van der Waals surface area contributed by atoms with Gasteiger partial charge in [-0.25, -0.2) is 4.79 Å². The van der Waals surface area contributed by atoms with Crippen molar-refractivity contribution in [1.82, 2.24) is 0 Å². The van der Waals surface area contributed by atoms with E-state index in [4.69, 9.17) is 10.00 Å². The molecule has 0 aliphatic carbocycles. The van der Waals surface area contributed by atoms with Crippen LogP contribution >= 0.6 is 27.3 Å². The minimum absolute atomic E-state index is 0.0167. The molecule has 5 heteroatoms. The Morgan fingerprint density at radius 1 is 1.62 bits per heavy atom. The van der Waals surface area contributed by atoms with Crippen LogP contribution in [0.15, 0.2) is 21.5 Å². The normalized spacial score (nSPS) is 11.3. The van der Waals surface area contributed by atoms with E-state index in [0.29, 0.717) is 0 Å². The summed E-state index contributed by atoms with van der Waals surface area (Å²) in [4.78, 5) is 12.3. The Morgan fingerprint density at radius 2 is 2.31 bits per heavy atom. The smallest absolute Gasteiger partial charge is 0.349 e. The first-order valence-electron chi connectivity index (χ1n) is 4.61. The Morgan fingerprint density at radius 3 is 2.75 bits per heavy atom. The average molecular weight is 300 g/mol. The molecule has 0 amide bonds. The molecule has 1 aromatic heterocycles. The van der Waals surface area contributed by atoms with Crippen molar-refractivity contribution in [2.24, 2.45) is 0 Å². The second-order valence-corrected chi connectivity index (χ2v) is 5.76. The van der Waals surface area contributed by atoms with E-state index in [9.17, 15) is 4.79 Å². The maximum absolute atomic E-state index is 11.5. The van der Waals surface area contributed by atoms with Crippen LogP contribution in [0.2, 0.25) is 0 Å². The molecule has 3 nitrogen and oxygen atoms in total. The van der Waals surface area contributed by atoms with Crippen molar-refractivity contribution < 1.29 is 9.53 Å². The lowest BCUT2D eigenvalue weighted by molar-refractivity contribution is -0.142. The number of esters is 1. The Hall–Kier alpha value is -1.12. The standard InChI is InChI=1S/C11H10BrNO2S/c1-7(2)15-11(14)8(6-13)5-9-3-4-10(12)16-9/h3-5,7H,1-2H3/b8-5+. The molecule has 0 spiro atoms. The van der Waals surface area contributed by atoms with Gasteiger partial charge in [0.15, 0.2) is 0 Å². The van der Waals surface area contributed by atoms with Crippen LogP contribution < -0.4 is 0 Å². The fourth-order valence-corrected chi connectivity index (χ4v) is 2.33. The van der Waals surface area contributed by atoms with E-state index >= 15 is 0 Å². The average Bonchev–Trinajstić information content (AvgIpc) is 2.59. The largest absolute Gasteiger partial charge is 0.459 e. The summed E-state index contributed by atoms with van der Waals surface area (Å²) in [5, 5.41) is 8.85. The van der Waals surface area contributed by atoms with Crippen LogP contribution in [0, 0.1) is 11.3 Å². The van der Waals surface area contributed by atoms with E-state index in [2.05, 4.69) is 15.9 Å². The van der Waals surface area contributed by atoms with Crippen LogP contribution in [-0.2, 0) is 9.53 Å². The molecule has 0 unspecified atom stereocenters. The number of hydrogen-bond acceptors (Lipinski definition) is 4. The summed E-state index contributed by atoms with van der Waals surface area (Å²) in [7, 11) is 0. The van der Waals surface area contributed by atoms with Gasteiger partial charge in [0.25, 0.3) is 0 Å². The first-order valence-corrected chi connectivity index (χ1v) is 6.22. The van der Waals surface area contributed by atoms with Gasteiger partial charge in [0.05, 0.1) is 9.89 Å². The second kappa shape index (κ2) is 5.83. The van der Waals surface area contributed by atoms with Crippen LogP contribution in [0.1, 0.15) is 18.7 Å². The summed E-state index contributed by atoms with van der Waals surface area (Å²) in [5.74, 6) is -0.581. The maximum Gasteiger partial charge on any atom is 0.349 e. The lowest BCUT2D eigenvalue weighted by Gasteiger charge is -2.05. The third-order valence-corrected chi connectivity index (χ3v) is 3.13. The van der Waals surface area contributed by atoms with Crippen LogP contribution in [-0.4, -0.2) is 12.1 Å². The van der Waals surface area contributed by atoms with E-state index < -0.39 is 5.97 Å². The zero-order valence-electron chi connectivity index (χ0n) is 8.86. The predicted octanol–water partition coefficient (Wildman–Crippen LogP) is 3.37. The highest BCUT2D eigenvalue weighted by atomic mass is 79.9. The summed E-state index contributed by atoms with van der Waals surface area (Å²) >= 11 is 4.76. The highest BCUT2D eigenvalue weighted by Gasteiger charge is 2.12. The van der Waals surface area contributed by atoms with Crippen molar-refractivity contribution in [3.05, 3.63) is 26.4 Å². The van der Waals surface area contributed by atoms with Crippen molar-refractivity contribution >= 4 is 39.3 Å². The molecule has 0 bridgehead atoms. The first-order chi connectivity index (χ1) is 7.52. The zero-order valence-corrected chi connectivity index (χ0v) is 11.3. The number of carbonyl (C=O) groups is 1. The van der Waals surface area contributed by atoms with E-state index in [1.807, 2.05) is 18.2 Å². The zero-order chi connectivity index (χ0) is 12.1. The van der Waals surface area contributed by atoms with Gasteiger partial charge < -0.3 is 4.74 Å². The number of halogens is 1. The van der Waals surface area contributed by atoms with E-state index in [1.165, 1.54) is 17.4 Å². The summed E-state index contributed by atoms with van der Waals surface area (Å²) < 4.78 is 5.90. The summed E-state index contributed by atoms with van der Waals surface area (Å²) in [6.45, 7) is 3.49. The molecule has 84 valence electrons. The van der Waals surface area contributed by atoms with E-state index in [-0.39, 0.29) is 11.7 Å². The van der Waals surface area contributed by atoms with Crippen LogP contribution in [0.3, 0.4) is 0 Å². The Balaban J connectivity index is 2.87. The van der Waals surface area contributed by atoms with Gasteiger partial charge in [0.1, 0.15) is 11.6 Å². The fraction of sp³-hybridized carbons (Fsp3) is 0.273. The Kier molecular flexibility index (Phi) is 4.71. The lowest BCUT2D eigenvalue weighted by atomic mass is 10.2. The third kappa shape index (κ3) is 3.80. The third-order valence-electron chi connectivity index (χ3n) is 1.56. The summed E-state index contributed by atoms with van der Waals surface area (Å²) in [6, 6.07) is 5.53. The summed E-state index contributed by atoms with van der Waals surface area (Å²) in [6.07, 6.45) is 1.31. The van der Waals surface area contributed by atoms with Crippen LogP contribution in [0.5, 0.6) is 0 Å². The molecule has 0 radical (unpaired) electrons. The molecule has 0 aliphatic rings. The monoisotopic (exact) mass is 299 g/mol. The topological polar surface area (TPSA) is 50.1 Å². The highest BCUT2D eigenvalue weighted by Crippen LogP contribution is 2.24. The molecule has 0 atom stereocenters. The number of rotatable bonds is 3. The first kappa shape index (κ1) is 12.9. The van der Waals surface area contributed by atoms with Crippen molar-refractivity contribution in [3.63, 3.8) is 0 Å². The van der Waals surface area contributed by atoms with Gasteiger partial charge >= 0.3 is 5.97 Å². The molecule has 0 aliphatic heterocycles. The fourth-order valence-electron chi connectivity index (χ4n) is 0.963. The highest BCUT2D eigenvalue weighted by molar-refractivity contribution is 9.11. The SMILES string of the molecule is CC(C)OC(=O)/C(C#N)=C/c1ccc(Br)s1. The molecule has 0 saturated heterocycles. The molecule has 0 N–H and O–H groups in total. The molecule has 0 saturated carbocycles. The molecule has 0 fully saturated rings. The molecule has 1 aromatic rings. The Labute approximate surface area is 106 Å². The molecule has 16 heavy (non-hydrogen) atoms.